The summed E-state index contributed by atoms with van der Waals surface area (Å²) in [5, 5.41) is 24.0. The molecular formula is C27H36ClN9O4. The van der Waals surface area contributed by atoms with Gasteiger partial charge >= 0.3 is 5.97 Å². The quantitative estimate of drug-likeness (QED) is 0.169. The molecule has 0 bridgehead atoms. The number of aromatic nitrogens is 3. The van der Waals surface area contributed by atoms with Crippen LogP contribution in [0.2, 0.25) is 0 Å². The molecule has 0 unspecified atom stereocenters. The highest BCUT2D eigenvalue weighted by atomic mass is 35.5. The number of halogens is 1. The van der Waals surface area contributed by atoms with Crippen LogP contribution in [0.1, 0.15) is 23.2 Å². The maximum absolute atomic E-state index is 12.6. The molecule has 41 heavy (non-hydrogen) atoms. The van der Waals surface area contributed by atoms with E-state index in [0.717, 1.165) is 0 Å². The van der Waals surface area contributed by atoms with E-state index in [1.54, 1.807) is 30.3 Å². The molecule has 3 heterocycles. The van der Waals surface area contributed by atoms with Gasteiger partial charge in [0.1, 0.15) is 17.1 Å². The standard InChI is InChI=1S/C27H35N9O4.ClH/c28-12-16-13-35(9-8-22(16)37)26-32-25(33-27(34-26)36-14-17(29)10-18(30)15-36)31-19-6-7-21(23(38)11-19)24(39)40-20-4-2-1-3-5-20;/h1-7,11,16-18,22,37-38H,8-10,12-15,28-30H2,(H,31,32,33,34);1H/t16-,17-,18+,22+;/m0./s1. The number of esters is 1. The molecule has 13 nitrogen and oxygen atoms in total. The Morgan fingerprint density at radius 3 is 2.34 bits per heavy atom. The number of aromatic hydroxyl groups is 1. The van der Waals surface area contributed by atoms with Crippen molar-refractivity contribution in [1.29, 1.82) is 0 Å². The Hall–Kier alpha value is -3.75. The monoisotopic (exact) mass is 585 g/mol. The van der Waals surface area contributed by atoms with E-state index in [9.17, 15) is 15.0 Å². The third kappa shape index (κ3) is 7.31. The summed E-state index contributed by atoms with van der Waals surface area (Å²) in [6, 6.07) is 12.9. The minimum Gasteiger partial charge on any atom is -0.507 e. The van der Waals surface area contributed by atoms with Crippen molar-refractivity contribution in [1.82, 2.24) is 15.0 Å². The smallest absolute Gasteiger partial charge is 0.347 e. The first-order chi connectivity index (χ1) is 19.3. The fourth-order valence-electron chi connectivity index (χ4n) is 5.03. The first-order valence-electron chi connectivity index (χ1n) is 13.3. The van der Waals surface area contributed by atoms with Crippen LogP contribution >= 0.6 is 12.4 Å². The van der Waals surface area contributed by atoms with E-state index in [1.807, 2.05) is 15.9 Å². The molecule has 9 N–H and O–H groups in total. The number of hydrogen-bond donors (Lipinski definition) is 6. The summed E-state index contributed by atoms with van der Waals surface area (Å²) in [5.41, 5.74) is 18.8. The van der Waals surface area contributed by atoms with Crippen LogP contribution < -0.4 is 37.1 Å². The highest BCUT2D eigenvalue weighted by Gasteiger charge is 2.30. The minimum atomic E-state index is -0.681. The fourth-order valence-corrected chi connectivity index (χ4v) is 5.03. The number of ether oxygens (including phenoxy) is 1. The molecule has 0 spiro atoms. The minimum absolute atomic E-state index is 0. The number of para-hydroxylation sites is 1. The Labute approximate surface area is 244 Å². The largest absolute Gasteiger partial charge is 0.507 e. The summed E-state index contributed by atoms with van der Waals surface area (Å²) >= 11 is 0. The lowest BCUT2D eigenvalue weighted by Gasteiger charge is -2.37. The molecule has 0 amide bonds. The number of phenolic OH excluding ortho intramolecular Hbond substituents is 1. The molecule has 3 aromatic rings. The molecule has 14 heteroatoms. The van der Waals surface area contributed by atoms with E-state index in [1.165, 1.54) is 12.1 Å². The number of aliphatic hydroxyl groups is 1. The number of nitrogens with zero attached hydrogens (tertiary/aromatic N) is 5. The molecule has 0 aliphatic carbocycles. The number of phenols is 1. The van der Waals surface area contributed by atoms with Crippen LogP contribution in [0.15, 0.2) is 48.5 Å². The molecule has 0 radical (unpaired) electrons. The number of piperidine rings is 2. The summed E-state index contributed by atoms with van der Waals surface area (Å²) in [6.07, 6.45) is 0.771. The van der Waals surface area contributed by atoms with E-state index in [-0.39, 0.29) is 47.7 Å². The van der Waals surface area contributed by atoms with Crippen molar-refractivity contribution in [2.75, 3.05) is 47.8 Å². The SMILES string of the molecule is Cl.NC[C@H]1CN(c2nc(Nc3ccc(C(=O)Oc4ccccc4)c(O)c3)nc(N3C[C@H](N)C[C@H](N)C3)n2)CC[C@H]1O. The zero-order valence-electron chi connectivity index (χ0n) is 22.5. The Morgan fingerprint density at radius 1 is 1.00 bits per heavy atom. The van der Waals surface area contributed by atoms with Crippen LogP contribution in [0.3, 0.4) is 0 Å². The second-order valence-electron chi connectivity index (χ2n) is 10.3. The predicted octanol–water partition coefficient (Wildman–Crippen LogP) is 0.972. The molecule has 2 aliphatic rings. The van der Waals surface area contributed by atoms with Crippen molar-refractivity contribution in [3.8, 4) is 11.5 Å². The number of hydrogen-bond acceptors (Lipinski definition) is 13. The van der Waals surface area contributed by atoms with Crippen molar-refractivity contribution >= 4 is 41.9 Å². The average Bonchev–Trinajstić information content (AvgIpc) is 2.93. The molecule has 0 saturated carbocycles. The third-order valence-electron chi connectivity index (χ3n) is 7.12. The summed E-state index contributed by atoms with van der Waals surface area (Å²) in [4.78, 5) is 30.5. The number of rotatable bonds is 7. The summed E-state index contributed by atoms with van der Waals surface area (Å²) in [6.45, 7) is 2.48. The molecule has 1 aromatic heterocycles. The van der Waals surface area contributed by atoms with Crippen molar-refractivity contribution in [2.24, 2.45) is 23.1 Å². The lowest BCUT2D eigenvalue weighted by Crippen LogP contribution is -2.53. The van der Waals surface area contributed by atoms with E-state index in [0.29, 0.717) is 68.9 Å². The van der Waals surface area contributed by atoms with Crippen LogP contribution in [-0.4, -0.2) is 82.0 Å². The number of anilines is 4. The summed E-state index contributed by atoms with van der Waals surface area (Å²) in [7, 11) is 0. The summed E-state index contributed by atoms with van der Waals surface area (Å²) in [5.74, 6) is 0.408. The van der Waals surface area contributed by atoms with Crippen LogP contribution in [-0.2, 0) is 0 Å². The molecule has 2 fully saturated rings. The topological polar surface area (TPSA) is 202 Å². The van der Waals surface area contributed by atoms with Gasteiger partial charge in [0.25, 0.3) is 0 Å². The molecule has 2 saturated heterocycles. The summed E-state index contributed by atoms with van der Waals surface area (Å²) < 4.78 is 5.34. The highest BCUT2D eigenvalue weighted by Crippen LogP contribution is 2.28. The average molecular weight is 586 g/mol. The lowest BCUT2D eigenvalue weighted by atomic mass is 9.95. The molecule has 220 valence electrons. The van der Waals surface area contributed by atoms with Gasteiger partial charge in [-0.05, 0) is 43.7 Å². The van der Waals surface area contributed by atoms with Gasteiger partial charge in [-0.3, -0.25) is 0 Å². The molecule has 5 rings (SSSR count). The van der Waals surface area contributed by atoms with Gasteiger partial charge in [0.2, 0.25) is 17.8 Å². The molecular weight excluding hydrogens is 550 g/mol. The van der Waals surface area contributed by atoms with Crippen molar-refractivity contribution < 1.29 is 19.7 Å². The zero-order valence-corrected chi connectivity index (χ0v) is 23.3. The number of nitrogens with one attached hydrogen (secondary N) is 1. The molecule has 4 atom stereocenters. The molecule has 2 aliphatic heterocycles. The maximum Gasteiger partial charge on any atom is 0.347 e. The number of nitrogens with two attached hydrogens (primary N) is 3. The van der Waals surface area contributed by atoms with Crippen molar-refractivity contribution in [3.05, 3.63) is 54.1 Å². The Balaban J connectivity index is 0.00000387. The van der Waals surface area contributed by atoms with Gasteiger partial charge < -0.3 is 47.3 Å². The normalized spacial score (nSPS) is 22.5. The van der Waals surface area contributed by atoms with Gasteiger partial charge in [-0.2, -0.15) is 15.0 Å². The number of benzene rings is 2. The molecule has 2 aromatic carbocycles. The third-order valence-corrected chi connectivity index (χ3v) is 7.12. The number of carbonyl (C=O) groups is 1. The van der Waals surface area contributed by atoms with Crippen LogP contribution in [0.5, 0.6) is 11.5 Å². The Kier molecular flexibility index (Phi) is 9.78. The van der Waals surface area contributed by atoms with Gasteiger partial charge in [0.15, 0.2) is 0 Å². The highest BCUT2D eigenvalue weighted by molar-refractivity contribution is 5.94. The Bertz CT molecular complexity index is 1330. The van der Waals surface area contributed by atoms with Gasteiger partial charge in [0.05, 0.1) is 6.10 Å². The van der Waals surface area contributed by atoms with E-state index in [4.69, 9.17) is 26.9 Å². The Morgan fingerprint density at radius 2 is 1.68 bits per heavy atom. The maximum atomic E-state index is 12.6. The number of carbonyl (C=O) groups excluding carboxylic acids is 1. The van der Waals surface area contributed by atoms with Crippen molar-refractivity contribution in [2.45, 2.75) is 31.0 Å². The van der Waals surface area contributed by atoms with Gasteiger partial charge in [0, 0.05) is 55.9 Å². The second kappa shape index (κ2) is 13.3. The van der Waals surface area contributed by atoms with Crippen LogP contribution in [0, 0.1) is 5.92 Å². The predicted molar refractivity (Wildman–Crippen MR) is 158 cm³/mol. The number of aliphatic hydroxyl groups excluding tert-OH is 1. The van der Waals surface area contributed by atoms with E-state index >= 15 is 0 Å². The van der Waals surface area contributed by atoms with E-state index < -0.39 is 12.1 Å². The van der Waals surface area contributed by atoms with Gasteiger partial charge in [-0.25, -0.2) is 4.79 Å². The van der Waals surface area contributed by atoms with Gasteiger partial charge in [-0.15, -0.1) is 12.4 Å². The fraction of sp³-hybridized carbons (Fsp3) is 0.407. The first kappa shape index (κ1) is 30.2. The first-order valence-corrected chi connectivity index (χ1v) is 13.3. The second-order valence-corrected chi connectivity index (χ2v) is 10.3. The zero-order chi connectivity index (χ0) is 28.2. The van der Waals surface area contributed by atoms with Gasteiger partial charge in [-0.1, -0.05) is 18.2 Å². The van der Waals surface area contributed by atoms with Crippen LogP contribution in [0.25, 0.3) is 0 Å². The van der Waals surface area contributed by atoms with E-state index in [2.05, 4.69) is 15.3 Å². The van der Waals surface area contributed by atoms with Crippen LogP contribution in [0.4, 0.5) is 23.5 Å². The van der Waals surface area contributed by atoms with Crippen molar-refractivity contribution in [3.63, 3.8) is 0 Å². The lowest BCUT2D eigenvalue weighted by molar-refractivity contribution is 0.0731.